The Morgan fingerprint density at radius 3 is 2.67 bits per heavy atom. The van der Waals surface area contributed by atoms with Crippen LogP contribution in [-0.2, 0) is 22.3 Å². The molecule has 0 spiro atoms. The fourth-order valence-electron chi connectivity index (χ4n) is 1.51. The molecule has 0 bridgehead atoms. The number of halogens is 2. The zero-order valence-corrected chi connectivity index (χ0v) is 12.8. The first-order valence-corrected chi connectivity index (χ1v) is 8.37. The molecule has 0 unspecified atom stereocenters. The summed E-state index contributed by atoms with van der Waals surface area (Å²) in [5.41, 5.74) is 1.81. The maximum Gasteiger partial charge on any atom is 0.0897 e. The fourth-order valence-corrected chi connectivity index (χ4v) is 3.68. The molecule has 6 heteroatoms. The minimum atomic E-state index is -0.981. The number of hydrogen-bond acceptors (Lipinski definition) is 3. The van der Waals surface area contributed by atoms with Crippen LogP contribution in [-0.4, -0.2) is 9.19 Å². The van der Waals surface area contributed by atoms with Crippen LogP contribution in [0.25, 0.3) is 0 Å². The van der Waals surface area contributed by atoms with Gasteiger partial charge in [-0.25, -0.2) is 4.98 Å². The molecule has 0 aliphatic heterocycles. The number of thiazole rings is 1. The van der Waals surface area contributed by atoms with E-state index < -0.39 is 10.8 Å². The van der Waals surface area contributed by atoms with Crippen LogP contribution in [0.2, 0.25) is 10.0 Å². The van der Waals surface area contributed by atoms with Crippen LogP contribution >= 0.6 is 34.5 Å². The topological polar surface area (TPSA) is 30.0 Å². The quantitative estimate of drug-likeness (QED) is 0.845. The van der Waals surface area contributed by atoms with E-state index in [9.17, 15) is 4.21 Å². The molecule has 1 aromatic heterocycles. The van der Waals surface area contributed by atoms with E-state index in [1.165, 1.54) is 0 Å². The van der Waals surface area contributed by atoms with Crippen LogP contribution in [0, 0.1) is 6.92 Å². The monoisotopic (exact) mass is 319 g/mol. The molecule has 0 aliphatic rings. The summed E-state index contributed by atoms with van der Waals surface area (Å²) >= 11 is 13.3. The normalized spacial score (nSPS) is 12.6. The minimum absolute atomic E-state index is 0.466. The molecule has 0 saturated carbocycles. The number of hydrogen-bond donors (Lipinski definition) is 0. The Hall–Kier alpha value is -0.420. The van der Waals surface area contributed by atoms with Crippen LogP contribution in [0.4, 0.5) is 0 Å². The standard InChI is InChI=1S/C12H11Cl2NOS2/c1-8-15-10(5-17-8)7-18(16)6-9-2-3-11(13)12(14)4-9/h2-5H,6-7H2,1H3/t18-/m0/s1. The number of rotatable bonds is 4. The van der Waals surface area contributed by atoms with Crippen molar-refractivity contribution in [2.24, 2.45) is 0 Å². The number of aryl methyl sites for hydroxylation is 1. The van der Waals surface area contributed by atoms with E-state index in [0.717, 1.165) is 16.3 Å². The van der Waals surface area contributed by atoms with Gasteiger partial charge in [-0.3, -0.25) is 4.21 Å². The molecule has 0 aliphatic carbocycles. The molecule has 0 amide bonds. The molecular formula is C12H11Cl2NOS2. The Balaban J connectivity index is 2.00. The molecule has 96 valence electrons. The van der Waals surface area contributed by atoms with Crippen molar-refractivity contribution in [2.45, 2.75) is 18.4 Å². The van der Waals surface area contributed by atoms with Crippen LogP contribution < -0.4 is 0 Å². The van der Waals surface area contributed by atoms with E-state index in [4.69, 9.17) is 23.2 Å². The van der Waals surface area contributed by atoms with Gasteiger partial charge in [0.15, 0.2) is 0 Å². The molecule has 0 fully saturated rings. The second-order valence-electron chi connectivity index (χ2n) is 3.83. The molecule has 0 saturated heterocycles. The summed E-state index contributed by atoms with van der Waals surface area (Å²) in [6.07, 6.45) is 0. The lowest BCUT2D eigenvalue weighted by molar-refractivity contribution is 0.681. The van der Waals surface area contributed by atoms with Crippen molar-refractivity contribution in [2.75, 3.05) is 0 Å². The second-order valence-corrected chi connectivity index (χ2v) is 7.17. The SMILES string of the molecule is Cc1nc(C[S@@](=O)Cc2ccc(Cl)c(Cl)c2)cs1. The van der Waals surface area contributed by atoms with Crippen molar-refractivity contribution >= 4 is 45.3 Å². The van der Waals surface area contributed by atoms with Crippen LogP contribution in [0.1, 0.15) is 16.3 Å². The predicted molar refractivity (Wildman–Crippen MR) is 78.9 cm³/mol. The lowest BCUT2D eigenvalue weighted by atomic mass is 10.2. The third-order valence-corrected chi connectivity index (χ3v) is 5.12. The predicted octanol–water partition coefficient (Wildman–Crippen LogP) is 4.21. The highest BCUT2D eigenvalue weighted by molar-refractivity contribution is 7.83. The van der Waals surface area contributed by atoms with Crippen molar-refractivity contribution in [3.63, 3.8) is 0 Å². The van der Waals surface area contributed by atoms with E-state index in [2.05, 4.69) is 4.98 Å². The molecule has 1 heterocycles. The third kappa shape index (κ3) is 3.79. The van der Waals surface area contributed by atoms with Crippen LogP contribution in [0.3, 0.4) is 0 Å². The van der Waals surface area contributed by atoms with E-state index in [0.29, 0.717) is 21.6 Å². The summed E-state index contributed by atoms with van der Waals surface area (Å²) in [5, 5.41) is 3.95. The average Bonchev–Trinajstić information content (AvgIpc) is 2.69. The molecule has 2 rings (SSSR count). The van der Waals surface area contributed by atoms with Gasteiger partial charge in [-0.1, -0.05) is 29.3 Å². The Morgan fingerprint density at radius 1 is 1.28 bits per heavy atom. The smallest absolute Gasteiger partial charge is 0.0897 e. The Labute approximate surface area is 122 Å². The van der Waals surface area contributed by atoms with Gasteiger partial charge < -0.3 is 0 Å². The van der Waals surface area contributed by atoms with E-state index in [1.54, 1.807) is 23.5 Å². The Bertz CT molecular complexity index is 583. The number of benzene rings is 1. The molecular weight excluding hydrogens is 309 g/mol. The van der Waals surface area contributed by atoms with Crippen molar-refractivity contribution in [1.82, 2.24) is 4.98 Å². The average molecular weight is 320 g/mol. The van der Waals surface area contributed by atoms with Crippen molar-refractivity contribution in [3.05, 3.63) is 49.9 Å². The van der Waals surface area contributed by atoms with Crippen LogP contribution in [0.15, 0.2) is 23.6 Å². The summed E-state index contributed by atoms with van der Waals surface area (Å²) in [6, 6.07) is 5.33. The van der Waals surface area contributed by atoms with Gasteiger partial charge in [0.25, 0.3) is 0 Å². The first-order chi connectivity index (χ1) is 8.54. The van der Waals surface area contributed by atoms with Crippen molar-refractivity contribution in [3.8, 4) is 0 Å². The van der Waals surface area contributed by atoms with Gasteiger partial charge in [0.2, 0.25) is 0 Å². The Kier molecular flexibility index (Phi) is 4.78. The first-order valence-electron chi connectivity index (χ1n) is 5.24. The highest BCUT2D eigenvalue weighted by Crippen LogP contribution is 2.23. The van der Waals surface area contributed by atoms with Gasteiger partial charge in [0.05, 0.1) is 26.5 Å². The minimum Gasteiger partial charge on any atom is -0.259 e. The van der Waals surface area contributed by atoms with Crippen molar-refractivity contribution < 1.29 is 4.21 Å². The fraction of sp³-hybridized carbons (Fsp3) is 0.250. The van der Waals surface area contributed by atoms with Gasteiger partial charge in [0.1, 0.15) is 0 Å². The molecule has 1 atom stereocenters. The summed E-state index contributed by atoms with van der Waals surface area (Å²) in [6.45, 7) is 1.94. The van der Waals surface area contributed by atoms with Crippen LogP contribution in [0.5, 0.6) is 0 Å². The summed E-state index contributed by atoms with van der Waals surface area (Å²) in [5.74, 6) is 0.943. The lowest BCUT2D eigenvalue weighted by Crippen LogP contribution is -2.00. The maximum absolute atomic E-state index is 12.0. The van der Waals surface area contributed by atoms with E-state index in [-0.39, 0.29) is 0 Å². The van der Waals surface area contributed by atoms with Gasteiger partial charge in [-0.2, -0.15) is 0 Å². The van der Waals surface area contributed by atoms with Gasteiger partial charge in [-0.15, -0.1) is 11.3 Å². The summed E-state index contributed by atoms with van der Waals surface area (Å²) < 4.78 is 12.0. The zero-order valence-electron chi connectivity index (χ0n) is 9.65. The van der Waals surface area contributed by atoms with E-state index >= 15 is 0 Å². The highest BCUT2D eigenvalue weighted by Gasteiger charge is 2.07. The number of nitrogens with zero attached hydrogens (tertiary/aromatic N) is 1. The van der Waals surface area contributed by atoms with Gasteiger partial charge in [-0.05, 0) is 24.6 Å². The first kappa shape index (κ1) is 14.0. The largest absolute Gasteiger partial charge is 0.259 e. The summed E-state index contributed by atoms with van der Waals surface area (Å²) in [7, 11) is -0.981. The highest BCUT2D eigenvalue weighted by atomic mass is 35.5. The van der Waals surface area contributed by atoms with Crippen molar-refractivity contribution in [1.29, 1.82) is 0 Å². The molecule has 1 aromatic carbocycles. The second kappa shape index (κ2) is 6.15. The Morgan fingerprint density at radius 2 is 2.06 bits per heavy atom. The molecule has 0 radical (unpaired) electrons. The molecule has 2 nitrogen and oxygen atoms in total. The van der Waals surface area contributed by atoms with Gasteiger partial charge >= 0.3 is 0 Å². The molecule has 2 aromatic rings. The zero-order chi connectivity index (χ0) is 13.1. The van der Waals surface area contributed by atoms with Gasteiger partial charge in [0, 0.05) is 21.9 Å². The molecule has 0 N–H and O–H groups in total. The number of aromatic nitrogens is 1. The lowest BCUT2D eigenvalue weighted by Gasteiger charge is -2.03. The summed E-state index contributed by atoms with van der Waals surface area (Å²) in [4.78, 5) is 4.30. The van der Waals surface area contributed by atoms with E-state index in [1.807, 2.05) is 18.4 Å². The molecule has 18 heavy (non-hydrogen) atoms. The third-order valence-electron chi connectivity index (χ3n) is 2.29. The maximum atomic E-state index is 12.0.